The molecule has 0 spiro atoms. The van der Waals surface area contributed by atoms with Gasteiger partial charge in [0.1, 0.15) is 11.6 Å². The third-order valence-electron chi connectivity index (χ3n) is 4.90. The molecule has 3 rings (SSSR count). The lowest BCUT2D eigenvalue weighted by molar-refractivity contribution is 0.506. The second kappa shape index (κ2) is 8.12. The Hall–Kier alpha value is -2.36. The standard InChI is InChI=1S/C23H22F4/c1-3-4-5-15-7-9-17(21(25)13-15)19-11-10-18(22(26)23(19)27)16-8-6-14(2)12-20(16)24/h7-14H,3-6H2,1-2H3. The highest BCUT2D eigenvalue weighted by Crippen LogP contribution is 2.36. The van der Waals surface area contributed by atoms with E-state index >= 15 is 0 Å². The molecule has 1 atom stereocenters. The van der Waals surface area contributed by atoms with Crippen LogP contribution in [-0.2, 0) is 6.42 Å². The van der Waals surface area contributed by atoms with Crippen LogP contribution in [0.4, 0.5) is 17.6 Å². The van der Waals surface area contributed by atoms with Gasteiger partial charge in [0.05, 0.1) is 0 Å². The molecule has 1 aliphatic rings. The molecule has 1 unspecified atom stereocenters. The Bertz CT molecular complexity index is 909. The highest BCUT2D eigenvalue weighted by atomic mass is 19.2. The molecule has 27 heavy (non-hydrogen) atoms. The highest BCUT2D eigenvalue weighted by Gasteiger charge is 2.22. The number of allylic oxidation sites excluding steroid dienone is 4. The number of unbranched alkanes of at least 4 members (excludes halogenated alkanes) is 1. The average molecular weight is 374 g/mol. The van der Waals surface area contributed by atoms with Gasteiger partial charge in [0, 0.05) is 22.3 Å². The van der Waals surface area contributed by atoms with Gasteiger partial charge in [-0.05, 0) is 42.9 Å². The van der Waals surface area contributed by atoms with Crippen molar-refractivity contribution in [3.63, 3.8) is 0 Å². The molecule has 0 bridgehead atoms. The number of hydrogen-bond donors (Lipinski definition) is 0. The Morgan fingerprint density at radius 3 is 2.26 bits per heavy atom. The van der Waals surface area contributed by atoms with Crippen LogP contribution in [0.15, 0.2) is 48.3 Å². The summed E-state index contributed by atoms with van der Waals surface area (Å²) in [6.07, 6.45) is 6.19. The van der Waals surface area contributed by atoms with E-state index in [-0.39, 0.29) is 28.2 Å². The minimum Gasteiger partial charge on any atom is -0.207 e. The summed E-state index contributed by atoms with van der Waals surface area (Å²) in [4.78, 5) is 0. The van der Waals surface area contributed by atoms with Crippen molar-refractivity contribution in [3.8, 4) is 11.1 Å². The zero-order valence-corrected chi connectivity index (χ0v) is 15.5. The molecule has 0 nitrogen and oxygen atoms in total. The van der Waals surface area contributed by atoms with E-state index in [2.05, 4.69) is 0 Å². The van der Waals surface area contributed by atoms with E-state index in [1.54, 1.807) is 12.1 Å². The van der Waals surface area contributed by atoms with Crippen molar-refractivity contribution in [2.24, 2.45) is 5.92 Å². The maximum atomic E-state index is 14.7. The molecule has 0 amide bonds. The van der Waals surface area contributed by atoms with Crippen molar-refractivity contribution >= 4 is 5.57 Å². The molecule has 1 aliphatic carbocycles. The number of benzene rings is 2. The van der Waals surface area contributed by atoms with E-state index in [4.69, 9.17) is 0 Å². The SMILES string of the molecule is CCCCc1ccc(-c2ccc(C3=CCC(C)C=C3F)c(F)c2F)c(F)c1. The van der Waals surface area contributed by atoms with Crippen LogP contribution in [0.25, 0.3) is 16.7 Å². The van der Waals surface area contributed by atoms with Gasteiger partial charge in [-0.25, -0.2) is 17.6 Å². The maximum Gasteiger partial charge on any atom is 0.167 e. The van der Waals surface area contributed by atoms with Crippen LogP contribution in [-0.4, -0.2) is 0 Å². The molecule has 0 saturated heterocycles. The molecular formula is C23H22F4. The Kier molecular flexibility index (Phi) is 5.83. The third-order valence-corrected chi connectivity index (χ3v) is 4.90. The summed E-state index contributed by atoms with van der Waals surface area (Å²) >= 11 is 0. The lowest BCUT2D eigenvalue weighted by atomic mass is 9.91. The van der Waals surface area contributed by atoms with E-state index in [1.807, 2.05) is 13.8 Å². The van der Waals surface area contributed by atoms with Crippen molar-refractivity contribution in [3.05, 3.63) is 76.9 Å². The van der Waals surface area contributed by atoms with Gasteiger partial charge in [0.2, 0.25) is 0 Å². The number of hydrogen-bond acceptors (Lipinski definition) is 0. The number of rotatable bonds is 5. The maximum absolute atomic E-state index is 14.7. The van der Waals surface area contributed by atoms with Gasteiger partial charge in [-0.15, -0.1) is 0 Å². The fraction of sp³-hybridized carbons (Fsp3) is 0.304. The highest BCUT2D eigenvalue weighted by molar-refractivity contribution is 5.80. The predicted octanol–water partition coefficient (Wildman–Crippen LogP) is 7.39. The Morgan fingerprint density at radius 1 is 0.926 bits per heavy atom. The first kappa shape index (κ1) is 19.4. The molecule has 0 saturated carbocycles. The zero-order valence-electron chi connectivity index (χ0n) is 15.5. The predicted molar refractivity (Wildman–Crippen MR) is 101 cm³/mol. The van der Waals surface area contributed by atoms with Crippen molar-refractivity contribution in [2.75, 3.05) is 0 Å². The van der Waals surface area contributed by atoms with Crippen LogP contribution in [0, 0.1) is 23.4 Å². The Labute approximate surface area is 157 Å². The molecule has 142 valence electrons. The molecule has 0 heterocycles. The summed E-state index contributed by atoms with van der Waals surface area (Å²) in [5.74, 6) is -3.47. The first-order valence-corrected chi connectivity index (χ1v) is 9.27. The summed E-state index contributed by atoms with van der Waals surface area (Å²) in [7, 11) is 0. The van der Waals surface area contributed by atoms with Crippen molar-refractivity contribution in [2.45, 2.75) is 39.5 Å². The molecule has 4 heteroatoms. The molecule has 0 N–H and O–H groups in total. The van der Waals surface area contributed by atoms with Crippen LogP contribution in [0.5, 0.6) is 0 Å². The van der Waals surface area contributed by atoms with E-state index in [1.165, 1.54) is 30.3 Å². The normalized spacial score (nSPS) is 16.9. The first-order chi connectivity index (χ1) is 12.9. The third kappa shape index (κ3) is 4.00. The van der Waals surface area contributed by atoms with Crippen molar-refractivity contribution < 1.29 is 17.6 Å². The van der Waals surface area contributed by atoms with Crippen molar-refractivity contribution in [1.82, 2.24) is 0 Å². The topological polar surface area (TPSA) is 0 Å². The second-order valence-corrected chi connectivity index (χ2v) is 7.05. The summed E-state index contributed by atoms with van der Waals surface area (Å²) in [5.41, 5.74) is 0.568. The van der Waals surface area contributed by atoms with E-state index < -0.39 is 23.3 Å². The summed E-state index contributed by atoms with van der Waals surface area (Å²) in [5, 5.41) is 0. The molecular weight excluding hydrogens is 352 g/mol. The zero-order chi connectivity index (χ0) is 19.6. The molecule has 0 radical (unpaired) electrons. The molecule has 0 aliphatic heterocycles. The minimum atomic E-state index is -1.17. The van der Waals surface area contributed by atoms with Gasteiger partial charge >= 0.3 is 0 Å². The molecule has 0 fully saturated rings. The van der Waals surface area contributed by atoms with Gasteiger partial charge in [0.25, 0.3) is 0 Å². The summed E-state index contributed by atoms with van der Waals surface area (Å²) in [6, 6.07) is 7.19. The lowest BCUT2D eigenvalue weighted by Gasteiger charge is -2.16. The fourth-order valence-electron chi connectivity index (χ4n) is 3.33. The monoisotopic (exact) mass is 374 g/mol. The van der Waals surface area contributed by atoms with Crippen LogP contribution in [0.2, 0.25) is 0 Å². The summed E-state index contributed by atoms with van der Waals surface area (Å²) in [6.45, 7) is 3.89. The fourth-order valence-corrected chi connectivity index (χ4v) is 3.33. The van der Waals surface area contributed by atoms with Crippen LogP contribution >= 0.6 is 0 Å². The Balaban J connectivity index is 1.98. The number of aryl methyl sites for hydroxylation is 1. The van der Waals surface area contributed by atoms with E-state index in [0.29, 0.717) is 6.42 Å². The van der Waals surface area contributed by atoms with Gasteiger partial charge in [-0.3, -0.25) is 0 Å². The van der Waals surface area contributed by atoms with Gasteiger partial charge in [-0.1, -0.05) is 50.6 Å². The minimum absolute atomic E-state index is 0.000425. The average Bonchev–Trinajstić information content (AvgIpc) is 2.63. The first-order valence-electron chi connectivity index (χ1n) is 9.27. The largest absolute Gasteiger partial charge is 0.207 e. The summed E-state index contributed by atoms with van der Waals surface area (Å²) < 4.78 is 58.0. The van der Waals surface area contributed by atoms with Gasteiger partial charge in [0.15, 0.2) is 11.6 Å². The van der Waals surface area contributed by atoms with E-state index in [9.17, 15) is 17.6 Å². The van der Waals surface area contributed by atoms with E-state index in [0.717, 1.165) is 24.8 Å². The molecule has 0 aromatic heterocycles. The van der Waals surface area contributed by atoms with Crippen LogP contribution < -0.4 is 0 Å². The quantitative estimate of drug-likeness (QED) is 0.479. The van der Waals surface area contributed by atoms with Gasteiger partial charge in [-0.2, -0.15) is 0 Å². The van der Waals surface area contributed by atoms with Crippen molar-refractivity contribution in [1.29, 1.82) is 0 Å². The van der Waals surface area contributed by atoms with Crippen LogP contribution in [0.1, 0.15) is 44.2 Å². The Morgan fingerprint density at radius 2 is 1.59 bits per heavy atom. The number of halogens is 4. The van der Waals surface area contributed by atoms with Crippen LogP contribution in [0.3, 0.4) is 0 Å². The molecule has 2 aromatic carbocycles. The van der Waals surface area contributed by atoms with Gasteiger partial charge < -0.3 is 0 Å². The lowest BCUT2D eigenvalue weighted by Crippen LogP contribution is -2.03. The molecule has 2 aromatic rings. The second-order valence-electron chi connectivity index (χ2n) is 7.05. The smallest absolute Gasteiger partial charge is 0.167 e.